The first-order valence-electron chi connectivity index (χ1n) is 8.43. The van der Waals surface area contributed by atoms with Gasteiger partial charge in [0.15, 0.2) is 9.84 Å². The van der Waals surface area contributed by atoms with Crippen LogP contribution in [0.3, 0.4) is 0 Å². The highest BCUT2D eigenvalue weighted by Gasteiger charge is 2.36. The molecule has 0 aromatic heterocycles. The van der Waals surface area contributed by atoms with Crippen molar-refractivity contribution in [1.29, 1.82) is 0 Å². The Morgan fingerprint density at radius 3 is 2.68 bits per heavy atom. The van der Waals surface area contributed by atoms with Crippen LogP contribution in [0.4, 0.5) is 10.5 Å². The van der Waals surface area contributed by atoms with Gasteiger partial charge in [0.1, 0.15) is 6.54 Å². The fourth-order valence-corrected chi connectivity index (χ4v) is 5.31. The van der Waals surface area contributed by atoms with Crippen molar-refractivity contribution in [2.45, 2.75) is 25.9 Å². The molecule has 0 bridgehead atoms. The second-order valence-corrected chi connectivity index (χ2v) is 8.82. The standard InChI is InChI=1S/C17H23N3O4S/c1-3-19(14-8-9-25(23,24)12-14)16(21)11-20-15-7-5-4-6-13(15)10-18(2)17(20)22/h4-7,14H,3,8-12H2,1-2H3. The van der Waals surface area contributed by atoms with Crippen molar-refractivity contribution < 1.29 is 18.0 Å². The highest BCUT2D eigenvalue weighted by atomic mass is 32.2. The molecule has 25 heavy (non-hydrogen) atoms. The molecule has 1 fully saturated rings. The Bertz CT molecular complexity index is 793. The quantitative estimate of drug-likeness (QED) is 0.800. The molecule has 1 atom stereocenters. The largest absolute Gasteiger partial charge is 0.337 e. The van der Waals surface area contributed by atoms with Crippen molar-refractivity contribution in [2.24, 2.45) is 0 Å². The predicted molar refractivity (Wildman–Crippen MR) is 95.1 cm³/mol. The van der Waals surface area contributed by atoms with E-state index in [4.69, 9.17) is 0 Å². The van der Waals surface area contributed by atoms with Gasteiger partial charge in [0.05, 0.1) is 17.2 Å². The Morgan fingerprint density at radius 2 is 2.04 bits per heavy atom. The first-order valence-corrected chi connectivity index (χ1v) is 10.2. The predicted octanol–water partition coefficient (Wildman–Crippen LogP) is 1.09. The molecule has 0 N–H and O–H groups in total. The molecule has 1 aromatic rings. The van der Waals surface area contributed by atoms with Crippen LogP contribution in [0.5, 0.6) is 0 Å². The van der Waals surface area contributed by atoms with Crippen LogP contribution in [0.15, 0.2) is 24.3 Å². The maximum Gasteiger partial charge on any atom is 0.325 e. The molecule has 2 aliphatic rings. The van der Waals surface area contributed by atoms with E-state index < -0.39 is 9.84 Å². The van der Waals surface area contributed by atoms with Crippen molar-refractivity contribution in [3.63, 3.8) is 0 Å². The van der Waals surface area contributed by atoms with Crippen LogP contribution in [-0.4, -0.2) is 67.8 Å². The molecule has 1 aromatic carbocycles. The van der Waals surface area contributed by atoms with Gasteiger partial charge in [-0.25, -0.2) is 13.2 Å². The highest BCUT2D eigenvalue weighted by molar-refractivity contribution is 7.91. The van der Waals surface area contributed by atoms with E-state index in [2.05, 4.69) is 0 Å². The van der Waals surface area contributed by atoms with E-state index in [1.807, 2.05) is 31.2 Å². The molecule has 0 radical (unpaired) electrons. The second kappa shape index (κ2) is 6.67. The number of carbonyl (C=O) groups excluding carboxylic acids is 2. The molecule has 1 saturated heterocycles. The van der Waals surface area contributed by atoms with Gasteiger partial charge in [-0.3, -0.25) is 9.69 Å². The molecular formula is C17H23N3O4S. The summed E-state index contributed by atoms with van der Waals surface area (Å²) in [6.07, 6.45) is 0.465. The number of para-hydroxylation sites is 1. The fraction of sp³-hybridized carbons (Fsp3) is 0.529. The first kappa shape index (κ1) is 17.7. The SMILES string of the molecule is CCN(C(=O)CN1C(=O)N(C)Cc2ccccc21)C1CCS(=O)(=O)C1. The minimum absolute atomic E-state index is 0.0109. The van der Waals surface area contributed by atoms with Gasteiger partial charge >= 0.3 is 6.03 Å². The Morgan fingerprint density at radius 1 is 1.32 bits per heavy atom. The van der Waals surface area contributed by atoms with Gasteiger partial charge in [-0.05, 0) is 25.0 Å². The summed E-state index contributed by atoms with van der Waals surface area (Å²) in [6.45, 7) is 2.70. The maximum absolute atomic E-state index is 12.8. The number of hydrogen-bond donors (Lipinski definition) is 0. The molecule has 3 rings (SSSR count). The minimum atomic E-state index is -3.07. The number of anilines is 1. The zero-order valence-corrected chi connectivity index (χ0v) is 15.3. The first-order chi connectivity index (χ1) is 11.8. The van der Waals surface area contributed by atoms with E-state index in [1.165, 1.54) is 4.90 Å². The van der Waals surface area contributed by atoms with Crippen molar-refractivity contribution in [3.05, 3.63) is 29.8 Å². The lowest BCUT2D eigenvalue weighted by Gasteiger charge is -2.36. The monoisotopic (exact) mass is 365 g/mol. The molecule has 2 heterocycles. The Kier molecular flexibility index (Phi) is 4.73. The number of rotatable bonds is 4. The summed E-state index contributed by atoms with van der Waals surface area (Å²) in [6, 6.07) is 7.01. The van der Waals surface area contributed by atoms with Gasteiger partial charge in [-0.15, -0.1) is 0 Å². The Hall–Kier alpha value is -2.09. The molecular weight excluding hydrogens is 342 g/mol. The maximum atomic E-state index is 12.8. The third-order valence-electron chi connectivity index (χ3n) is 4.85. The number of sulfone groups is 1. The number of hydrogen-bond acceptors (Lipinski definition) is 4. The summed E-state index contributed by atoms with van der Waals surface area (Å²) in [4.78, 5) is 30.0. The van der Waals surface area contributed by atoms with E-state index in [0.717, 1.165) is 11.3 Å². The Balaban J connectivity index is 1.80. The van der Waals surface area contributed by atoms with Crippen molar-refractivity contribution in [2.75, 3.05) is 36.5 Å². The number of nitrogens with zero attached hydrogens (tertiary/aromatic N) is 3. The molecule has 2 aliphatic heterocycles. The van der Waals surface area contributed by atoms with Crippen molar-refractivity contribution in [1.82, 2.24) is 9.80 Å². The highest BCUT2D eigenvalue weighted by Crippen LogP contribution is 2.28. The Labute approximate surface area is 148 Å². The molecule has 0 aliphatic carbocycles. The van der Waals surface area contributed by atoms with E-state index in [0.29, 0.717) is 19.5 Å². The molecule has 0 spiro atoms. The summed E-state index contributed by atoms with van der Waals surface area (Å²) in [5.74, 6) is -0.0878. The summed E-state index contributed by atoms with van der Waals surface area (Å²) in [7, 11) is -1.36. The van der Waals surface area contributed by atoms with E-state index in [1.54, 1.807) is 16.8 Å². The fourth-order valence-electron chi connectivity index (χ4n) is 3.58. The van der Waals surface area contributed by atoms with Crippen molar-refractivity contribution >= 4 is 27.5 Å². The lowest BCUT2D eigenvalue weighted by molar-refractivity contribution is -0.131. The summed E-state index contributed by atoms with van der Waals surface area (Å²) in [5, 5.41) is 0. The summed E-state index contributed by atoms with van der Waals surface area (Å²) < 4.78 is 23.4. The third kappa shape index (κ3) is 3.49. The van der Waals surface area contributed by atoms with Crippen LogP contribution in [0.2, 0.25) is 0 Å². The third-order valence-corrected chi connectivity index (χ3v) is 6.60. The number of likely N-dealkylation sites (N-methyl/N-ethyl adjacent to an activating group) is 1. The van der Waals surface area contributed by atoms with Gasteiger partial charge in [-0.2, -0.15) is 0 Å². The van der Waals surface area contributed by atoms with E-state index in [9.17, 15) is 18.0 Å². The van der Waals surface area contributed by atoms with Gasteiger partial charge < -0.3 is 9.80 Å². The van der Waals surface area contributed by atoms with Crippen LogP contribution in [0.25, 0.3) is 0 Å². The lowest BCUT2D eigenvalue weighted by Crippen LogP contribution is -2.52. The van der Waals surface area contributed by atoms with Gasteiger partial charge in [0, 0.05) is 26.2 Å². The van der Waals surface area contributed by atoms with E-state index in [-0.39, 0.29) is 36.0 Å². The smallest absolute Gasteiger partial charge is 0.325 e. The zero-order valence-electron chi connectivity index (χ0n) is 14.5. The molecule has 7 nitrogen and oxygen atoms in total. The molecule has 3 amide bonds. The number of amides is 3. The van der Waals surface area contributed by atoms with Crippen molar-refractivity contribution in [3.8, 4) is 0 Å². The van der Waals surface area contributed by atoms with Gasteiger partial charge in [0.25, 0.3) is 0 Å². The average molecular weight is 365 g/mol. The summed E-state index contributed by atoms with van der Waals surface area (Å²) >= 11 is 0. The van der Waals surface area contributed by atoms with Gasteiger partial charge in [-0.1, -0.05) is 18.2 Å². The number of urea groups is 1. The van der Waals surface area contributed by atoms with Crippen LogP contribution < -0.4 is 4.90 Å². The second-order valence-electron chi connectivity index (χ2n) is 6.59. The topological polar surface area (TPSA) is 78.0 Å². The van der Waals surface area contributed by atoms with Crippen LogP contribution in [0.1, 0.15) is 18.9 Å². The number of carbonyl (C=O) groups is 2. The minimum Gasteiger partial charge on any atom is -0.337 e. The lowest BCUT2D eigenvalue weighted by atomic mass is 10.1. The van der Waals surface area contributed by atoms with Crippen LogP contribution in [0, 0.1) is 0 Å². The van der Waals surface area contributed by atoms with E-state index >= 15 is 0 Å². The molecule has 1 unspecified atom stereocenters. The number of benzene rings is 1. The molecule has 8 heteroatoms. The molecule has 136 valence electrons. The summed E-state index contributed by atoms with van der Waals surface area (Å²) in [5.41, 5.74) is 1.73. The number of fused-ring (bicyclic) bond motifs is 1. The normalized spacial score (nSPS) is 22.0. The molecule has 0 saturated carbocycles. The average Bonchev–Trinajstić information content (AvgIpc) is 2.92. The zero-order chi connectivity index (χ0) is 18.2. The van der Waals surface area contributed by atoms with Gasteiger partial charge in [0.2, 0.25) is 5.91 Å². The van der Waals surface area contributed by atoms with Crippen LogP contribution in [-0.2, 0) is 21.2 Å². The van der Waals surface area contributed by atoms with Crippen LogP contribution >= 0.6 is 0 Å².